The molecule has 1 N–H and O–H groups in total. The summed E-state index contributed by atoms with van der Waals surface area (Å²) in [6.07, 6.45) is 6.91. The summed E-state index contributed by atoms with van der Waals surface area (Å²) in [5.74, 6) is 1.000. The highest BCUT2D eigenvalue weighted by Gasteiger charge is 2.14. The summed E-state index contributed by atoms with van der Waals surface area (Å²) in [6.45, 7) is 0. The summed E-state index contributed by atoms with van der Waals surface area (Å²) in [5, 5.41) is 3.34. The monoisotopic (exact) mass is 265 g/mol. The Morgan fingerprint density at radius 2 is 2.39 bits per heavy atom. The maximum atomic E-state index is 11.8. The van der Waals surface area contributed by atoms with Crippen LogP contribution in [0.5, 0.6) is 5.75 Å². The van der Waals surface area contributed by atoms with E-state index in [1.807, 2.05) is 0 Å². The lowest BCUT2D eigenvalue weighted by molar-refractivity contribution is -0.116. The van der Waals surface area contributed by atoms with Crippen LogP contribution in [0.4, 0.5) is 5.69 Å². The molecule has 3 nitrogen and oxygen atoms in total. The number of anilines is 1. The van der Waals surface area contributed by atoms with E-state index in [0.29, 0.717) is 28.8 Å². The third-order valence-electron chi connectivity index (χ3n) is 3.00. The van der Waals surface area contributed by atoms with Crippen molar-refractivity contribution in [2.45, 2.75) is 19.3 Å². The highest BCUT2D eigenvalue weighted by molar-refractivity contribution is 6.32. The van der Waals surface area contributed by atoms with Gasteiger partial charge in [0.15, 0.2) is 0 Å². The maximum Gasteiger partial charge on any atom is 0.224 e. The van der Waals surface area contributed by atoms with Gasteiger partial charge in [0.05, 0.1) is 12.1 Å². The molecule has 0 aliphatic heterocycles. The van der Waals surface area contributed by atoms with E-state index in [2.05, 4.69) is 17.5 Å². The number of hydrogen-bond acceptors (Lipinski definition) is 2. The van der Waals surface area contributed by atoms with Gasteiger partial charge in [0.25, 0.3) is 0 Å². The standard InChI is InChI=1S/C14H16ClNO2/c1-18-13-7-6-11(9-12(13)15)16-14(17)8-10-4-2-3-5-10/h2,4,6-7,9-10H,3,5,8H2,1H3,(H,16,17). The van der Waals surface area contributed by atoms with Crippen molar-refractivity contribution in [2.24, 2.45) is 5.92 Å². The molecule has 1 aromatic carbocycles. The number of carbonyl (C=O) groups is 1. The van der Waals surface area contributed by atoms with Crippen LogP contribution in [0.25, 0.3) is 0 Å². The Morgan fingerprint density at radius 3 is 3.00 bits per heavy atom. The molecule has 1 amide bonds. The lowest BCUT2D eigenvalue weighted by Gasteiger charge is -2.10. The molecule has 18 heavy (non-hydrogen) atoms. The highest BCUT2D eigenvalue weighted by Crippen LogP contribution is 2.27. The topological polar surface area (TPSA) is 38.3 Å². The van der Waals surface area contributed by atoms with E-state index in [1.165, 1.54) is 0 Å². The fourth-order valence-electron chi connectivity index (χ4n) is 2.06. The van der Waals surface area contributed by atoms with Crippen molar-refractivity contribution in [2.75, 3.05) is 12.4 Å². The number of methoxy groups -OCH3 is 1. The first-order valence-corrected chi connectivity index (χ1v) is 6.37. The third-order valence-corrected chi connectivity index (χ3v) is 3.29. The maximum absolute atomic E-state index is 11.8. The molecule has 0 spiro atoms. The predicted octanol–water partition coefficient (Wildman–Crippen LogP) is 3.64. The van der Waals surface area contributed by atoms with Crippen molar-refractivity contribution >= 4 is 23.2 Å². The second kappa shape index (κ2) is 5.91. The smallest absolute Gasteiger partial charge is 0.224 e. The fraction of sp³-hybridized carbons (Fsp3) is 0.357. The van der Waals surface area contributed by atoms with Crippen LogP contribution < -0.4 is 10.1 Å². The van der Waals surface area contributed by atoms with Crippen LogP contribution in [-0.4, -0.2) is 13.0 Å². The molecule has 0 saturated heterocycles. The fourth-order valence-corrected chi connectivity index (χ4v) is 2.32. The van der Waals surface area contributed by atoms with Crippen LogP contribution in [0, 0.1) is 5.92 Å². The number of allylic oxidation sites excluding steroid dienone is 2. The number of halogens is 1. The van der Waals surface area contributed by atoms with E-state index in [-0.39, 0.29) is 5.91 Å². The zero-order valence-corrected chi connectivity index (χ0v) is 11.0. The zero-order valence-electron chi connectivity index (χ0n) is 10.3. The highest BCUT2D eigenvalue weighted by atomic mass is 35.5. The number of amides is 1. The molecule has 1 aliphatic rings. The minimum Gasteiger partial charge on any atom is -0.495 e. The zero-order chi connectivity index (χ0) is 13.0. The first kappa shape index (κ1) is 13.0. The van der Waals surface area contributed by atoms with Crippen molar-refractivity contribution in [1.82, 2.24) is 0 Å². The van der Waals surface area contributed by atoms with Gasteiger partial charge in [-0.15, -0.1) is 0 Å². The third kappa shape index (κ3) is 3.26. The van der Waals surface area contributed by atoms with Gasteiger partial charge in [0, 0.05) is 12.1 Å². The minimum atomic E-state index is 0.0211. The molecule has 0 saturated carbocycles. The Hall–Kier alpha value is -1.48. The summed E-state index contributed by atoms with van der Waals surface area (Å²) in [6, 6.07) is 5.23. The molecule has 2 rings (SSSR count). The van der Waals surface area contributed by atoms with Gasteiger partial charge in [0.2, 0.25) is 5.91 Å². The number of rotatable bonds is 4. The van der Waals surface area contributed by atoms with E-state index in [4.69, 9.17) is 16.3 Å². The normalized spacial score (nSPS) is 17.8. The van der Waals surface area contributed by atoms with Gasteiger partial charge in [-0.1, -0.05) is 23.8 Å². The Kier molecular flexibility index (Phi) is 4.26. The molecule has 0 fully saturated rings. The number of benzene rings is 1. The minimum absolute atomic E-state index is 0.0211. The van der Waals surface area contributed by atoms with Crippen molar-refractivity contribution in [3.63, 3.8) is 0 Å². The average molecular weight is 266 g/mol. The quantitative estimate of drug-likeness (QED) is 0.844. The Bertz CT molecular complexity index is 471. The van der Waals surface area contributed by atoms with Gasteiger partial charge in [-0.3, -0.25) is 4.79 Å². The second-order valence-corrected chi connectivity index (χ2v) is 4.77. The molecule has 0 heterocycles. The number of nitrogens with one attached hydrogen (secondary N) is 1. The molecule has 1 aliphatic carbocycles. The average Bonchev–Trinajstić information content (AvgIpc) is 2.82. The molecule has 1 unspecified atom stereocenters. The van der Waals surface area contributed by atoms with Crippen LogP contribution >= 0.6 is 11.6 Å². The largest absolute Gasteiger partial charge is 0.495 e. The van der Waals surface area contributed by atoms with Crippen molar-refractivity contribution in [3.8, 4) is 5.75 Å². The summed E-state index contributed by atoms with van der Waals surface area (Å²) in [5.41, 5.74) is 0.702. The lowest BCUT2D eigenvalue weighted by Crippen LogP contribution is -2.14. The Balaban J connectivity index is 1.94. The number of carbonyl (C=O) groups excluding carboxylic acids is 1. The van der Waals surface area contributed by atoms with E-state index >= 15 is 0 Å². The first-order chi connectivity index (χ1) is 8.69. The van der Waals surface area contributed by atoms with Crippen LogP contribution in [-0.2, 0) is 4.79 Å². The molecule has 96 valence electrons. The van der Waals surface area contributed by atoms with Crippen LogP contribution in [0.15, 0.2) is 30.4 Å². The van der Waals surface area contributed by atoms with Crippen LogP contribution in [0.2, 0.25) is 5.02 Å². The van der Waals surface area contributed by atoms with E-state index in [0.717, 1.165) is 12.8 Å². The van der Waals surface area contributed by atoms with Gasteiger partial charge in [0.1, 0.15) is 5.75 Å². The summed E-state index contributed by atoms with van der Waals surface area (Å²) < 4.78 is 5.06. The lowest BCUT2D eigenvalue weighted by atomic mass is 10.1. The molecule has 1 aromatic rings. The van der Waals surface area contributed by atoms with E-state index in [1.54, 1.807) is 25.3 Å². The molecule has 0 bridgehead atoms. The van der Waals surface area contributed by atoms with Gasteiger partial charge in [-0.2, -0.15) is 0 Å². The molecular formula is C14H16ClNO2. The van der Waals surface area contributed by atoms with Crippen LogP contribution in [0.3, 0.4) is 0 Å². The Labute approximate surface area is 112 Å². The predicted molar refractivity (Wildman–Crippen MR) is 73.1 cm³/mol. The van der Waals surface area contributed by atoms with Gasteiger partial charge in [-0.25, -0.2) is 0 Å². The molecular weight excluding hydrogens is 250 g/mol. The summed E-state index contributed by atoms with van der Waals surface area (Å²) in [4.78, 5) is 11.8. The molecule has 0 radical (unpaired) electrons. The van der Waals surface area contributed by atoms with Crippen molar-refractivity contribution in [1.29, 1.82) is 0 Å². The number of ether oxygens (including phenoxy) is 1. The summed E-state index contributed by atoms with van der Waals surface area (Å²) in [7, 11) is 1.56. The van der Waals surface area contributed by atoms with E-state index in [9.17, 15) is 4.79 Å². The van der Waals surface area contributed by atoms with Gasteiger partial charge < -0.3 is 10.1 Å². The first-order valence-electron chi connectivity index (χ1n) is 5.99. The number of hydrogen-bond donors (Lipinski definition) is 1. The van der Waals surface area contributed by atoms with Crippen molar-refractivity contribution in [3.05, 3.63) is 35.4 Å². The molecule has 4 heteroatoms. The van der Waals surface area contributed by atoms with Gasteiger partial charge >= 0.3 is 0 Å². The van der Waals surface area contributed by atoms with Gasteiger partial charge in [-0.05, 0) is 37.0 Å². The van der Waals surface area contributed by atoms with E-state index < -0.39 is 0 Å². The Morgan fingerprint density at radius 1 is 1.56 bits per heavy atom. The SMILES string of the molecule is COc1ccc(NC(=O)CC2C=CCC2)cc1Cl. The molecule has 0 aromatic heterocycles. The summed E-state index contributed by atoms with van der Waals surface area (Å²) >= 11 is 6.00. The van der Waals surface area contributed by atoms with Crippen LogP contribution in [0.1, 0.15) is 19.3 Å². The second-order valence-electron chi connectivity index (χ2n) is 4.37. The van der Waals surface area contributed by atoms with Crippen molar-refractivity contribution < 1.29 is 9.53 Å². The molecule has 1 atom stereocenters.